The third-order valence-electron chi connectivity index (χ3n) is 3.55. The van der Waals surface area contributed by atoms with Gasteiger partial charge in [-0.2, -0.15) is 0 Å². The Hall–Kier alpha value is -1.56. The highest BCUT2D eigenvalue weighted by Gasteiger charge is 2.08. The first-order chi connectivity index (χ1) is 8.75. The van der Waals surface area contributed by atoms with Gasteiger partial charge in [0.1, 0.15) is 0 Å². The maximum Gasteiger partial charge on any atom is -0.000685 e. The van der Waals surface area contributed by atoms with Gasteiger partial charge in [-0.05, 0) is 43.6 Å². The molecule has 0 atom stereocenters. The monoisotopic (exact) mass is 238 g/mol. The first-order valence-electron chi connectivity index (χ1n) is 6.80. The van der Waals surface area contributed by atoms with Crippen LogP contribution in [0.3, 0.4) is 0 Å². The standard InChI is InChI=1S/C18H22/c1-15(2)18(14-17-10-5-6-11-17)13-7-12-16-8-3-4-9-16/h3-6,8-11,13,16-17H,1,7,12,14H2,2H3/b18-13-. The van der Waals surface area contributed by atoms with Crippen LogP contribution in [0.25, 0.3) is 0 Å². The van der Waals surface area contributed by atoms with Gasteiger partial charge in [-0.15, -0.1) is 0 Å². The van der Waals surface area contributed by atoms with E-state index in [-0.39, 0.29) is 0 Å². The summed E-state index contributed by atoms with van der Waals surface area (Å²) in [5, 5.41) is 0. The summed E-state index contributed by atoms with van der Waals surface area (Å²) in [6.07, 6.45) is 23.4. The Morgan fingerprint density at radius 3 is 2.11 bits per heavy atom. The second-order valence-corrected chi connectivity index (χ2v) is 5.16. The lowest BCUT2D eigenvalue weighted by molar-refractivity contribution is 0.720. The van der Waals surface area contributed by atoms with Gasteiger partial charge < -0.3 is 0 Å². The van der Waals surface area contributed by atoms with Crippen molar-refractivity contribution in [1.29, 1.82) is 0 Å². The zero-order chi connectivity index (χ0) is 12.8. The van der Waals surface area contributed by atoms with Crippen molar-refractivity contribution >= 4 is 0 Å². The van der Waals surface area contributed by atoms with Gasteiger partial charge in [0.15, 0.2) is 0 Å². The van der Waals surface area contributed by atoms with Crippen molar-refractivity contribution in [2.45, 2.75) is 26.2 Å². The van der Waals surface area contributed by atoms with Gasteiger partial charge in [-0.3, -0.25) is 0 Å². The van der Waals surface area contributed by atoms with Crippen molar-refractivity contribution in [2.75, 3.05) is 0 Å². The van der Waals surface area contributed by atoms with Crippen molar-refractivity contribution in [3.63, 3.8) is 0 Å². The van der Waals surface area contributed by atoms with E-state index in [1.54, 1.807) is 0 Å². The van der Waals surface area contributed by atoms with Gasteiger partial charge in [-0.1, -0.05) is 66.8 Å². The molecule has 0 heteroatoms. The van der Waals surface area contributed by atoms with Crippen molar-refractivity contribution in [3.8, 4) is 0 Å². The fourth-order valence-corrected chi connectivity index (χ4v) is 2.42. The van der Waals surface area contributed by atoms with Crippen LogP contribution >= 0.6 is 0 Å². The van der Waals surface area contributed by atoms with Gasteiger partial charge in [0.25, 0.3) is 0 Å². The molecule has 0 nitrogen and oxygen atoms in total. The molecular weight excluding hydrogens is 216 g/mol. The summed E-state index contributed by atoms with van der Waals surface area (Å²) in [4.78, 5) is 0. The molecule has 18 heavy (non-hydrogen) atoms. The molecule has 0 spiro atoms. The maximum atomic E-state index is 4.10. The summed E-state index contributed by atoms with van der Waals surface area (Å²) in [6.45, 7) is 6.22. The normalized spacial score (nSPS) is 19.3. The molecule has 0 aromatic rings. The molecule has 0 aliphatic heterocycles. The van der Waals surface area contributed by atoms with Crippen LogP contribution in [0, 0.1) is 11.8 Å². The zero-order valence-corrected chi connectivity index (χ0v) is 11.2. The molecule has 2 aliphatic carbocycles. The van der Waals surface area contributed by atoms with Crippen LogP contribution in [0.15, 0.2) is 72.4 Å². The third kappa shape index (κ3) is 3.73. The third-order valence-corrected chi connectivity index (χ3v) is 3.55. The van der Waals surface area contributed by atoms with E-state index in [2.05, 4.69) is 68.2 Å². The van der Waals surface area contributed by atoms with Crippen LogP contribution in [0.1, 0.15) is 26.2 Å². The summed E-state index contributed by atoms with van der Waals surface area (Å²) in [5.41, 5.74) is 2.63. The zero-order valence-electron chi connectivity index (χ0n) is 11.2. The Balaban J connectivity index is 1.85. The summed E-state index contributed by atoms with van der Waals surface area (Å²) < 4.78 is 0. The molecule has 0 N–H and O–H groups in total. The quantitative estimate of drug-likeness (QED) is 0.562. The van der Waals surface area contributed by atoms with E-state index in [0.717, 1.165) is 12.8 Å². The summed E-state index contributed by atoms with van der Waals surface area (Å²) in [6, 6.07) is 0. The van der Waals surface area contributed by atoms with Crippen LogP contribution < -0.4 is 0 Å². The average molecular weight is 238 g/mol. The fraction of sp³-hybridized carbons (Fsp3) is 0.333. The Morgan fingerprint density at radius 2 is 1.56 bits per heavy atom. The summed E-state index contributed by atoms with van der Waals surface area (Å²) >= 11 is 0. The van der Waals surface area contributed by atoms with E-state index in [4.69, 9.17) is 0 Å². The van der Waals surface area contributed by atoms with Crippen LogP contribution in [0.5, 0.6) is 0 Å². The van der Waals surface area contributed by atoms with E-state index < -0.39 is 0 Å². The molecule has 0 saturated heterocycles. The highest BCUT2D eigenvalue weighted by atomic mass is 14.1. The number of hydrogen-bond donors (Lipinski definition) is 0. The van der Waals surface area contributed by atoms with E-state index in [1.165, 1.54) is 17.6 Å². The van der Waals surface area contributed by atoms with Gasteiger partial charge in [0.05, 0.1) is 0 Å². The van der Waals surface area contributed by atoms with Crippen molar-refractivity contribution in [3.05, 3.63) is 72.4 Å². The van der Waals surface area contributed by atoms with Crippen LogP contribution in [-0.4, -0.2) is 0 Å². The summed E-state index contributed by atoms with van der Waals surface area (Å²) in [7, 11) is 0. The Kier molecular flexibility index (Phi) is 4.58. The molecule has 0 bridgehead atoms. The Morgan fingerprint density at radius 1 is 1.00 bits per heavy atom. The highest BCUT2D eigenvalue weighted by Crippen LogP contribution is 2.24. The molecule has 2 aliphatic rings. The number of hydrogen-bond acceptors (Lipinski definition) is 0. The van der Waals surface area contributed by atoms with Crippen LogP contribution in [-0.2, 0) is 0 Å². The maximum absolute atomic E-state index is 4.10. The molecule has 0 fully saturated rings. The lowest BCUT2D eigenvalue weighted by Gasteiger charge is -2.11. The van der Waals surface area contributed by atoms with E-state index in [1.807, 2.05) is 0 Å². The lowest BCUT2D eigenvalue weighted by Crippen LogP contribution is -1.95. The van der Waals surface area contributed by atoms with Crippen LogP contribution in [0.4, 0.5) is 0 Å². The van der Waals surface area contributed by atoms with Crippen molar-refractivity contribution in [2.24, 2.45) is 11.8 Å². The molecule has 0 heterocycles. The number of rotatable bonds is 6. The molecule has 0 saturated carbocycles. The molecule has 94 valence electrons. The Labute approximate surface area is 111 Å². The van der Waals surface area contributed by atoms with Gasteiger partial charge >= 0.3 is 0 Å². The first kappa shape index (κ1) is 12.9. The SMILES string of the molecule is C=C(C)/C(=C\CCC1C=CC=C1)CC1C=CC=C1. The first-order valence-corrected chi connectivity index (χ1v) is 6.80. The molecule has 0 radical (unpaired) electrons. The smallest absolute Gasteiger partial charge is 0.000685 e. The summed E-state index contributed by atoms with van der Waals surface area (Å²) in [5.74, 6) is 1.21. The lowest BCUT2D eigenvalue weighted by atomic mass is 9.94. The number of allylic oxidation sites excluding steroid dienone is 11. The molecular formula is C18H22. The predicted octanol–water partition coefficient (Wildman–Crippen LogP) is 5.14. The van der Waals surface area contributed by atoms with Crippen molar-refractivity contribution < 1.29 is 0 Å². The minimum atomic E-state index is 0.569. The van der Waals surface area contributed by atoms with Gasteiger partial charge in [-0.25, -0.2) is 0 Å². The minimum absolute atomic E-state index is 0.569. The molecule has 2 rings (SSSR count). The second-order valence-electron chi connectivity index (χ2n) is 5.16. The van der Waals surface area contributed by atoms with E-state index in [0.29, 0.717) is 11.8 Å². The topological polar surface area (TPSA) is 0 Å². The minimum Gasteiger partial charge on any atom is -0.0958 e. The van der Waals surface area contributed by atoms with E-state index >= 15 is 0 Å². The molecule has 0 aromatic carbocycles. The van der Waals surface area contributed by atoms with Gasteiger partial charge in [0.2, 0.25) is 0 Å². The van der Waals surface area contributed by atoms with Crippen molar-refractivity contribution in [1.82, 2.24) is 0 Å². The van der Waals surface area contributed by atoms with Crippen LogP contribution in [0.2, 0.25) is 0 Å². The second kappa shape index (κ2) is 6.39. The average Bonchev–Trinajstić information content (AvgIpc) is 2.99. The Bertz CT molecular complexity index is 417. The molecule has 0 unspecified atom stereocenters. The highest BCUT2D eigenvalue weighted by molar-refractivity contribution is 5.30. The van der Waals surface area contributed by atoms with E-state index in [9.17, 15) is 0 Å². The largest absolute Gasteiger partial charge is 0.0958 e. The fourth-order valence-electron chi connectivity index (χ4n) is 2.42. The predicted molar refractivity (Wildman–Crippen MR) is 80.3 cm³/mol. The molecule has 0 amide bonds. The molecule has 0 aromatic heterocycles. The van der Waals surface area contributed by atoms with Gasteiger partial charge in [0, 0.05) is 0 Å².